The van der Waals surface area contributed by atoms with Gasteiger partial charge in [-0.3, -0.25) is 9.36 Å². The van der Waals surface area contributed by atoms with E-state index in [9.17, 15) is 4.79 Å². The van der Waals surface area contributed by atoms with E-state index in [2.05, 4.69) is 16.3 Å². The second kappa shape index (κ2) is 12.4. The maximum absolute atomic E-state index is 13.0. The monoisotopic (exact) mass is 484 g/mol. The average molecular weight is 485 g/mol. The summed E-state index contributed by atoms with van der Waals surface area (Å²) in [4.78, 5) is 14.9. The van der Waals surface area contributed by atoms with E-state index in [0.29, 0.717) is 42.9 Å². The van der Waals surface area contributed by atoms with Gasteiger partial charge in [-0.2, -0.15) is 0 Å². The minimum absolute atomic E-state index is 0.0284. The Morgan fingerprint density at radius 2 is 1.85 bits per heavy atom. The molecule has 0 aliphatic rings. The molecule has 0 saturated carbocycles. The summed E-state index contributed by atoms with van der Waals surface area (Å²) in [5.74, 6) is 2.37. The molecule has 9 heteroatoms. The van der Waals surface area contributed by atoms with Gasteiger partial charge in [-0.15, -0.1) is 10.2 Å². The molecule has 0 N–H and O–H groups in total. The third-order valence-electron chi connectivity index (χ3n) is 5.39. The number of nitrogens with zero attached hydrogens (tertiary/aromatic N) is 4. The third kappa shape index (κ3) is 6.30. The molecule has 1 aromatic heterocycles. The Balaban J connectivity index is 1.72. The highest BCUT2D eigenvalue weighted by Gasteiger charge is 2.19. The Morgan fingerprint density at radius 3 is 2.53 bits per heavy atom. The van der Waals surface area contributed by atoms with Crippen LogP contribution < -0.4 is 9.47 Å². The molecule has 0 spiro atoms. The second-order valence-corrected chi connectivity index (χ2v) is 8.65. The number of methoxy groups -OCH3 is 3. The number of aryl methyl sites for hydroxylation is 1. The molecule has 1 heterocycles. The molecule has 0 saturated heterocycles. The van der Waals surface area contributed by atoms with Crippen molar-refractivity contribution in [2.75, 3.05) is 40.2 Å². The van der Waals surface area contributed by atoms with Crippen molar-refractivity contribution in [1.82, 2.24) is 19.7 Å². The zero-order valence-corrected chi connectivity index (χ0v) is 21.2. The number of rotatable bonds is 12. The first-order valence-corrected chi connectivity index (χ1v) is 12.1. The molecule has 0 unspecified atom stereocenters. The van der Waals surface area contributed by atoms with Gasteiger partial charge in [0.25, 0.3) is 0 Å². The van der Waals surface area contributed by atoms with Crippen molar-refractivity contribution in [2.24, 2.45) is 0 Å². The van der Waals surface area contributed by atoms with E-state index in [1.165, 1.54) is 11.8 Å². The minimum atomic E-state index is 0.0284. The van der Waals surface area contributed by atoms with Crippen LogP contribution in [0.15, 0.2) is 47.6 Å². The Morgan fingerprint density at radius 1 is 1.06 bits per heavy atom. The SMILES string of the molecule is CCN(Cc1ccc(OC)c(OC)c1)C(=O)CSc1nnc(-c2cccc(C)c2)n1CCOC. The third-order valence-corrected chi connectivity index (χ3v) is 6.34. The van der Waals surface area contributed by atoms with E-state index in [0.717, 1.165) is 22.5 Å². The van der Waals surface area contributed by atoms with Crippen LogP contribution in [-0.4, -0.2) is 65.8 Å². The summed E-state index contributed by atoms with van der Waals surface area (Å²) >= 11 is 1.39. The zero-order chi connectivity index (χ0) is 24.5. The number of benzene rings is 2. The van der Waals surface area contributed by atoms with Crippen LogP contribution in [0.2, 0.25) is 0 Å². The average Bonchev–Trinajstić information content (AvgIpc) is 3.26. The number of amides is 1. The first-order valence-electron chi connectivity index (χ1n) is 11.1. The normalized spacial score (nSPS) is 10.9. The fourth-order valence-corrected chi connectivity index (χ4v) is 4.44. The molecule has 3 aromatic rings. The lowest BCUT2D eigenvalue weighted by Crippen LogP contribution is -2.31. The smallest absolute Gasteiger partial charge is 0.233 e. The van der Waals surface area contributed by atoms with E-state index in [1.807, 2.05) is 59.7 Å². The van der Waals surface area contributed by atoms with Crippen LogP contribution in [0, 0.1) is 6.92 Å². The van der Waals surface area contributed by atoms with E-state index in [-0.39, 0.29) is 11.7 Å². The Hall–Kier alpha value is -3.04. The summed E-state index contributed by atoms with van der Waals surface area (Å²) in [6, 6.07) is 13.8. The van der Waals surface area contributed by atoms with Gasteiger partial charge >= 0.3 is 0 Å². The molecule has 8 nitrogen and oxygen atoms in total. The molecule has 182 valence electrons. The van der Waals surface area contributed by atoms with Crippen molar-refractivity contribution in [3.05, 3.63) is 53.6 Å². The van der Waals surface area contributed by atoms with Gasteiger partial charge in [0.2, 0.25) is 5.91 Å². The number of ether oxygens (including phenoxy) is 3. The molecule has 0 radical (unpaired) electrons. The summed E-state index contributed by atoms with van der Waals surface area (Å²) in [5, 5.41) is 9.49. The number of thioether (sulfide) groups is 1. The second-order valence-electron chi connectivity index (χ2n) is 7.71. The van der Waals surface area contributed by atoms with Crippen LogP contribution in [0.5, 0.6) is 11.5 Å². The van der Waals surface area contributed by atoms with Crippen LogP contribution in [-0.2, 0) is 22.6 Å². The van der Waals surface area contributed by atoms with Gasteiger partial charge in [0.15, 0.2) is 22.5 Å². The quantitative estimate of drug-likeness (QED) is 0.359. The molecule has 0 atom stereocenters. The minimum Gasteiger partial charge on any atom is -0.493 e. The first-order chi connectivity index (χ1) is 16.5. The highest BCUT2D eigenvalue weighted by atomic mass is 32.2. The van der Waals surface area contributed by atoms with E-state index < -0.39 is 0 Å². The Bertz CT molecular complexity index is 1100. The van der Waals surface area contributed by atoms with Gasteiger partial charge in [0, 0.05) is 25.8 Å². The Kier molecular flexibility index (Phi) is 9.35. The topological polar surface area (TPSA) is 78.7 Å². The van der Waals surface area contributed by atoms with E-state index in [4.69, 9.17) is 14.2 Å². The van der Waals surface area contributed by atoms with Gasteiger partial charge in [-0.25, -0.2) is 0 Å². The summed E-state index contributed by atoms with van der Waals surface area (Å²) < 4.78 is 18.0. The number of carbonyl (C=O) groups is 1. The Labute approximate surface area is 205 Å². The predicted molar refractivity (Wildman–Crippen MR) is 133 cm³/mol. The van der Waals surface area contributed by atoms with Gasteiger partial charge < -0.3 is 19.1 Å². The fraction of sp³-hybridized carbons (Fsp3) is 0.400. The lowest BCUT2D eigenvalue weighted by atomic mass is 10.1. The van der Waals surface area contributed by atoms with Crippen molar-refractivity contribution in [3.8, 4) is 22.9 Å². The van der Waals surface area contributed by atoms with Crippen molar-refractivity contribution >= 4 is 17.7 Å². The van der Waals surface area contributed by atoms with E-state index in [1.54, 1.807) is 21.3 Å². The standard InChI is InChI=1S/C25H32N4O4S/c1-6-28(16-19-10-11-21(32-4)22(15-19)33-5)23(30)17-34-25-27-26-24(29(25)12-13-31-3)20-9-7-8-18(2)14-20/h7-11,14-15H,6,12-13,16-17H2,1-5H3. The molecule has 0 aliphatic carbocycles. The largest absolute Gasteiger partial charge is 0.493 e. The van der Waals surface area contributed by atoms with Crippen molar-refractivity contribution in [3.63, 3.8) is 0 Å². The van der Waals surface area contributed by atoms with Crippen molar-refractivity contribution < 1.29 is 19.0 Å². The number of aromatic nitrogens is 3. The number of hydrogen-bond acceptors (Lipinski definition) is 7. The molecular weight excluding hydrogens is 452 g/mol. The molecule has 0 aliphatic heterocycles. The van der Waals surface area contributed by atoms with Crippen LogP contribution in [0.25, 0.3) is 11.4 Å². The number of hydrogen-bond donors (Lipinski definition) is 0. The van der Waals surface area contributed by atoms with Gasteiger partial charge in [-0.1, -0.05) is 41.6 Å². The molecular formula is C25H32N4O4S. The molecule has 3 rings (SSSR count). The molecule has 34 heavy (non-hydrogen) atoms. The molecule has 0 bridgehead atoms. The summed E-state index contributed by atoms with van der Waals surface area (Å²) in [6.07, 6.45) is 0. The first kappa shape index (κ1) is 25.6. The van der Waals surface area contributed by atoms with Crippen LogP contribution in [0.1, 0.15) is 18.1 Å². The van der Waals surface area contributed by atoms with Crippen molar-refractivity contribution in [2.45, 2.75) is 32.1 Å². The van der Waals surface area contributed by atoms with Gasteiger partial charge in [0.05, 0.1) is 33.1 Å². The van der Waals surface area contributed by atoms with Gasteiger partial charge in [0.1, 0.15) is 0 Å². The lowest BCUT2D eigenvalue weighted by Gasteiger charge is -2.21. The molecule has 0 fully saturated rings. The highest BCUT2D eigenvalue weighted by molar-refractivity contribution is 7.99. The molecule has 2 aromatic carbocycles. The lowest BCUT2D eigenvalue weighted by molar-refractivity contribution is -0.128. The summed E-state index contributed by atoms with van der Waals surface area (Å²) in [7, 11) is 4.87. The van der Waals surface area contributed by atoms with Crippen LogP contribution in [0.4, 0.5) is 0 Å². The maximum Gasteiger partial charge on any atom is 0.233 e. The van der Waals surface area contributed by atoms with Gasteiger partial charge in [-0.05, 0) is 37.6 Å². The highest BCUT2D eigenvalue weighted by Crippen LogP contribution is 2.29. The number of carbonyl (C=O) groups excluding carboxylic acids is 1. The summed E-state index contributed by atoms with van der Waals surface area (Å²) in [5.41, 5.74) is 3.12. The van der Waals surface area contributed by atoms with Crippen molar-refractivity contribution in [1.29, 1.82) is 0 Å². The predicted octanol–water partition coefficient (Wildman–Crippen LogP) is 4.06. The summed E-state index contributed by atoms with van der Waals surface area (Å²) in [6.45, 7) is 6.23. The molecule has 1 amide bonds. The van der Waals surface area contributed by atoms with E-state index >= 15 is 0 Å². The fourth-order valence-electron chi connectivity index (χ4n) is 3.57. The zero-order valence-electron chi connectivity index (χ0n) is 20.4. The van der Waals surface area contributed by atoms with Crippen LogP contribution in [0.3, 0.4) is 0 Å². The van der Waals surface area contributed by atoms with Crippen LogP contribution >= 0.6 is 11.8 Å². The maximum atomic E-state index is 13.0.